The molecule has 6 aromatic rings. The van der Waals surface area contributed by atoms with E-state index in [0.29, 0.717) is 27.7 Å². The van der Waals surface area contributed by atoms with Crippen molar-refractivity contribution in [2.45, 2.75) is 26.7 Å². The molecule has 0 saturated heterocycles. The van der Waals surface area contributed by atoms with E-state index in [4.69, 9.17) is 14.3 Å². The first-order valence-corrected chi connectivity index (χ1v) is 13.3. The standard InChI is InChI=1S/C29H25N5O3S/c1-3-4-14-36-22-12-13-23(19(2)16-22)26-20(18-33(31-26)21-9-6-5-7-10-21)17-25-28(35)34-29(38-25)30-27(32-34)24-11-8-15-37-24/h5-13,15-18H,3-4,14H2,1-2H3. The van der Waals surface area contributed by atoms with Crippen molar-refractivity contribution in [2.75, 3.05) is 6.61 Å². The molecule has 4 aromatic heterocycles. The number of hydrogen-bond acceptors (Lipinski definition) is 7. The quantitative estimate of drug-likeness (QED) is 0.252. The van der Waals surface area contributed by atoms with E-state index in [1.807, 2.05) is 72.4 Å². The Hall–Kier alpha value is -4.50. The Morgan fingerprint density at radius 1 is 1.08 bits per heavy atom. The second kappa shape index (κ2) is 10.1. The van der Waals surface area contributed by atoms with Crippen molar-refractivity contribution in [3.8, 4) is 34.3 Å². The lowest BCUT2D eigenvalue weighted by molar-refractivity contribution is 0.309. The molecule has 8 nitrogen and oxygen atoms in total. The molecule has 0 unspecified atom stereocenters. The minimum absolute atomic E-state index is 0.231. The number of benzene rings is 2. The van der Waals surface area contributed by atoms with E-state index >= 15 is 0 Å². The van der Waals surface area contributed by atoms with Crippen LogP contribution in [0.15, 0.2) is 82.3 Å². The Bertz CT molecular complexity index is 1820. The van der Waals surface area contributed by atoms with E-state index in [2.05, 4.69) is 17.0 Å². The van der Waals surface area contributed by atoms with Crippen molar-refractivity contribution in [1.29, 1.82) is 0 Å². The van der Waals surface area contributed by atoms with Gasteiger partial charge in [0.15, 0.2) is 5.76 Å². The molecule has 0 radical (unpaired) electrons. The highest BCUT2D eigenvalue weighted by Gasteiger charge is 2.17. The molecule has 0 bridgehead atoms. The third kappa shape index (κ3) is 4.52. The van der Waals surface area contributed by atoms with E-state index < -0.39 is 0 Å². The summed E-state index contributed by atoms with van der Waals surface area (Å²) in [6.45, 7) is 4.89. The molecule has 190 valence electrons. The molecule has 0 N–H and O–H groups in total. The van der Waals surface area contributed by atoms with Crippen LogP contribution in [0.25, 0.3) is 39.6 Å². The third-order valence-corrected chi connectivity index (χ3v) is 7.15. The molecule has 0 aliphatic rings. The van der Waals surface area contributed by atoms with Gasteiger partial charge >= 0.3 is 0 Å². The fourth-order valence-electron chi connectivity index (χ4n) is 4.23. The molecule has 38 heavy (non-hydrogen) atoms. The maximum Gasteiger partial charge on any atom is 0.291 e. The van der Waals surface area contributed by atoms with Crippen molar-refractivity contribution in [3.63, 3.8) is 0 Å². The van der Waals surface area contributed by atoms with E-state index in [1.165, 1.54) is 15.9 Å². The molecule has 0 atom stereocenters. The molecule has 2 aromatic carbocycles. The summed E-state index contributed by atoms with van der Waals surface area (Å²) in [5.41, 5.74) is 4.32. The van der Waals surface area contributed by atoms with Gasteiger partial charge in [0.05, 0.1) is 23.1 Å². The molecule has 0 aliphatic heterocycles. The van der Waals surface area contributed by atoms with Crippen LogP contribution in [0.5, 0.6) is 5.75 Å². The summed E-state index contributed by atoms with van der Waals surface area (Å²) < 4.78 is 15.0. The van der Waals surface area contributed by atoms with Crippen molar-refractivity contribution >= 4 is 22.4 Å². The summed E-state index contributed by atoms with van der Waals surface area (Å²) in [4.78, 5) is 18.2. The van der Waals surface area contributed by atoms with Gasteiger partial charge in [0.25, 0.3) is 5.56 Å². The summed E-state index contributed by atoms with van der Waals surface area (Å²) >= 11 is 1.29. The normalized spacial score (nSPS) is 12.0. The maximum absolute atomic E-state index is 13.2. The Balaban J connectivity index is 1.45. The van der Waals surface area contributed by atoms with Gasteiger partial charge in [-0.3, -0.25) is 4.79 Å². The lowest BCUT2D eigenvalue weighted by atomic mass is 10.0. The fourth-order valence-corrected chi connectivity index (χ4v) is 5.13. The van der Waals surface area contributed by atoms with E-state index in [1.54, 1.807) is 18.4 Å². The number of aromatic nitrogens is 5. The van der Waals surface area contributed by atoms with Gasteiger partial charge in [-0.2, -0.15) is 14.6 Å². The molecule has 0 spiro atoms. The van der Waals surface area contributed by atoms with Gasteiger partial charge in [-0.05, 0) is 67.4 Å². The molecule has 0 saturated carbocycles. The van der Waals surface area contributed by atoms with E-state index in [9.17, 15) is 4.79 Å². The number of aryl methyl sites for hydroxylation is 1. The predicted molar refractivity (Wildman–Crippen MR) is 148 cm³/mol. The molecule has 6 rings (SSSR count). The smallest absolute Gasteiger partial charge is 0.291 e. The third-order valence-electron chi connectivity index (χ3n) is 6.19. The van der Waals surface area contributed by atoms with Crippen LogP contribution >= 0.6 is 11.3 Å². The second-order valence-corrected chi connectivity index (χ2v) is 9.92. The molecule has 0 fully saturated rings. The van der Waals surface area contributed by atoms with Gasteiger partial charge in [0, 0.05) is 17.3 Å². The Morgan fingerprint density at radius 3 is 2.68 bits per heavy atom. The maximum atomic E-state index is 13.2. The first-order valence-electron chi connectivity index (χ1n) is 12.4. The number of fused-ring (bicyclic) bond motifs is 1. The number of hydrogen-bond donors (Lipinski definition) is 0. The lowest BCUT2D eigenvalue weighted by Gasteiger charge is -2.09. The van der Waals surface area contributed by atoms with Gasteiger partial charge in [-0.1, -0.05) is 42.9 Å². The summed E-state index contributed by atoms with van der Waals surface area (Å²) in [7, 11) is 0. The highest BCUT2D eigenvalue weighted by molar-refractivity contribution is 7.15. The zero-order valence-corrected chi connectivity index (χ0v) is 21.8. The number of unbranched alkanes of at least 4 members (excludes halogenated alkanes) is 1. The minimum atomic E-state index is -0.231. The van der Waals surface area contributed by atoms with Gasteiger partial charge in [-0.25, -0.2) is 4.68 Å². The van der Waals surface area contributed by atoms with E-state index in [0.717, 1.165) is 46.7 Å². The van der Waals surface area contributed by atoms with Gasteiger partial charge in [-0.15, -0.1) is 5.10 Å². The highest BCUT2D eigenvalue weighted by Crippen LogP contribution is 2.30. The number of ether oxygens (including phenoxy) is 1. The lowest BCUT2D eigenvalue weighted by Crippen LogP contribution is -2.23. The molecular weight excluding hydrogens is 498 g/mol. The van der Waals surface area contributed by atoms with E-state index in [-0.39, 0.29) is 5.56 Å². The van der Waals surface area contributed by atoms with Crippen LogP contribution in [0.1, 0.15) is 30.9 Å². The molecular formula is C29H25N5O3S. The fraction of sp³-hybridized carbons (Fsp3) is 0.172. The van der Waals surface area contributed by atoms with Crippen LogP contribution in [0.4, 0.5) is 0 Å². The van der Waals surface area contributed by atoms with Crippen molar-refractivity contribution in [2.24, 2.45) is 0 Å². The first-order chi connectivity index (χ1) is 18.6. The molecule has 0 amide bonds. The van der Waals surface area contributed by atoms with Gasteiger partial charge in [0.1, 0.15) is 11.4 Å². The van der Waals surface area contributed by atoms with Crippen LogP contribution in [-0.2, 0) is 0 Å². The highest BCUT2D eigenvalue weighted by atomic mass is 32.1. The summed E-state index contributed by atoms with van der Waals surface area (Å²) in [5, 5.41) is 9.29. The number of rotatable bonds is 8. The Kier molecular flexibility index (Phi) is 6.35. The van der Waals surface area contributed by atoms with Gasteiger partial charge in [0.2, 0.25) is 10.8 Å². The number of para-hydroxylation sites is 1. The Morgan fingerprint density at radius 2 is 1.95 bits per heavy atom. The van der Waals surface area contributed by atoms with Crippen molar-refractivity contribution in [1.82, 2.24) is 24.4 Å². The molecule has 4 heterocycles. The number of thiazole rings is 1. The first kappa shape index (κ1) is 23.9. The van der Waals surface area contributed by atoms with Crippen LogP contribution in [0, 0.1) is 6.92 Å². The van der Waals surface area contributed by atoms with Crippen molar-refractivity contribution in [3.05, 3.63) is 99.1 Å². The minimum Gasteiger partial charge on any atom is -0.494 e. The zero-order valence-electron chi connectivity index (χ0n) is 21.0. The van der Waals surface area contributed by atoms with Crippen LogP contribution in [0.2, 0.25) is 0 Å². The summed E-state index contributed by atoms with van der Waals surface area (Å²) in [6, 6.07) is 19.5. The zero-order chi connectivity index (χ0) is 26.1. The van der Waals surface area contributed by atoms with Crippen LogP contribution in [-0.4, -0.2) is 31.0 Å². The predicted octanol–water partition coefficient (Wildman–Crippen LogP) is 5.30. The Labute approximate surface area is 222 Å². The summed E-state index contributed by atoms with van der Waals surface area (Å²) in [5.74, 6) is 1.75. The average Bonchev–Trinajstić information content (AvgIpc) is 3.72. The van der Waals surface area contributed by atoms with Crippen LogP contribution < -0.4 is 14.8 Å². The molecule has 0 aliphatic carbocycles. The second-order valence-electron chi connectivity index (χ2n) is 8.91. The number of nitrogens with zero attached hydrogens (tertiary/aromatic N) is 5. The SMILES string of the molecule is CCCCOc1ccc(-c2nn(-c3ccccc3)cc2C=c2sc3nc(-c4ccco4)nn3c2=O)c(C)c1. The van der Waals surface area contributed by atoms with Gasteiger partial charge < -0.3 is 9.15 Å². The number of furan rings is 1. The largest absolute Gasteiger partial charge is 0.494 e. The topological polar surface area (TPSA) is 87.4 Å². The van der Waals surface area contributed by atoms with Crippen molar-refractivity contribution < 1.29 is 9.15 Å². The molecule has 9 heteroatoms. The summed E-state index contributed by atoms with van der Waals surface area (Å²) in [6.07, 6.45) is 7.46. The average molecular weight is 524 g/mol. The van der Waals surface area contributed by atoms with Crippen LogP contribution in [0.3, 0.4) is 0 Å². The monoisotopic (exact) mass is 523 g/mol.